The van der Waals surface area contributed by atoms with Gasteiger partial charge in [-0.15, -0.1) is 0 Å². The summed E-state index contributed by atoms with van der Waals surface area (Å²) in [6.45, 7) is 5.50. The van der Waals surface area contributed by atoms with Gasteiger partial charge in [0.2, 0.25) is 0 Å². The van der Waals surface area contributed by atoms with Crippen molar-refractivity contribution < 1.29 is 9.53 Å². The first-order valence-electron chi connectivity index (χ1n) is 7.12. The van der Waals surface area contributed by atoms with Gasteiger partial charge in [-0.05, 0) is 26.7 Å². The van der Waals surface area contributed by atoms with Crippen molar-refractivity contribution in [1.82, 2.24) is 14.9 Å². The van der Waals surface area contributed by atoms with E-state index in [-0.39, 0.29) is 12.1 Å². The summed E-state index contributed by atoms with van der Waals surface area (Å²) < 4.78 is 5.01. The largest absolute Gasteiger partial charge is 0.450 e. The number of amides is 1. The number of piperidine rings is 1. The number of nitrogen functional groups attached to an aromatic ring is 1. The number of hydrogen-bond donors (Lipinski definition) is 3. The zero-order valence-corrected chi connectivity index (χ0v) is 12.4. The highest BCUT2D eigenvalue weighted by Crippen LogP contribution is 2.21. The molecule has 0 saturated carbocycles. The molecule has 1 aliphatic heterocycles. The highest BCUT2D eigenvalue weighted by molar-refractivity contribution is 5.67. The molecule has 2 heterocycles. The zero-order valence-electron chi connectivity index (χ0n) is 12.4. The molecular formula is C13H22N6O2. The van der Waals surface area contributed by atoms with E-state index in [0.717, 1.165) is 24.2 Å². The monoisotopic (exact) mass is 294 g/mol. The van der Waals surface area contributed by atoms with E-state index in [2.05, 4.69) is 20.7 Å². The van der Waals surface area contributed by atoms with Crippen LogP contribution in [-0.4, -0.2) is 46.7 Å². The summed E-state index contributed by atoms with van der Waals surface area (Å²) in [5.41, 5.74) is 3.43. The zero-order chi connectivity index (χ0) is 15.2. The van der Waals surface area contributed by atoms with E-state index in [4.69, 9.17) is 10.6 Å². The van der Waals surface area contributed by atoms with Crippen molar-refractivity contribution >= 4 is 17.7 Å². The molecule has 1 aromatic rings. The molecule has 0 aliphatic carbocycles. The Bertz CT molecular complexity index is 488. The van der Waals surface area contributed by atoms with Gasteiger partial charge in [-0.1, -0.05) is 0 Å². The third-order valence-electron chi connectivity index (χ3n) is 3.58. The number of nitrogens with zero attached hydrogens (tertiary/aromatic N) is 3. The molecule has 8 nitrogen and oxygen atoms in total. The smallest absolute Gasteiger partial charge is 0.409 e. The molecule has 2 rings (SSSR count). The van der Waals surface area contributed by atoms with E-state index in [0.29, 0.717) is 25.5 Å². The topological polar surface area (TPSA) is 105 Å². The number of ether oxygens (including phenoxy) is 1. The number of likely N-dealkylation sites (tertiary alicyclic amines) is 1. The highest BCUT2D eigenvalue weighted by atomic mass is 16.6. The highest BCUT2D eigenvalue weighted by Gasteiger charge is 2.24. The number of carbonyl (C=O) groups is 1. The summed E-state index contributed by atoms with van der Waals surface area (Å²) in [7, 11) is 0. The summed E-state index contributed by atoms with van der Waals surface area (Å²) in [5.74, 6) is 6.79. The minimum atomic E-state index is -0.233. The molecule has 0 aromatic carbocycles. The van der Waals surface area contributed by atoms with Gasteiger partial charge in [0.15, 0.2) is 0 Å². The fraction of sp³-hybridized carbons (Fsp3) is 0.615. The van der Waals surface area contributed by atoms with E-state index < -0.39 is 0 Å². The first-order valence-corrected chi connectivity index (χ1v) is 7.12. The molecule has 4 N–H and O–H groups in total. The summed E-state index contributed by atoms with van der Waals surface area (Å²) in [6.07, 6.45) is 2.95. The molecule has 1 amide bonds. The second-order valence-corrected chi connectivity index (χ2v) is 4.94. The normalized spacial score (nSPS) is 15.7. The number of nitrogens with one attached hydrogen (secondary N) is 2. The summed E-state index contributed by atoms with van der Waals surface area (Å²) in [6, 6.07) is 0.273. The number of rotatable bonds is 4. The van der Waals surface area contributed by atoms with Crippen LogP contribution in [0.25, 0.3) is 0 Å². The van der Waals surface area contributed by atoms with E-state index in [1.165, 1.54) is 6.33 Å². The Labute approximate surface area is 124 Å². The Kier molecular flexibility index (Phi) is 5.15. The van der Waals surface area contributed by atoms with E-state index in [9.17, 15) is 4.79 Å². The first kappa shape index (κ1) is 15.3. The molecule has 0 atom stereocenters. The van der Waals surface area contributed by atoms with E-state index >= 15 is 0 Å². The van der Waals surface area contributed by atoms with Gasteiger partial charge in [0.05, 0.1) is 6.61 Å². The van der Waals surface area contributed by atoms with Gasteiger partial charge in [0, 0.05) is 24.7 Å². The SMILES string of the molecule is CCOC(=O)N1CCC(Nc2ncnc(NN)c2C)CC1. The number of carbonyl (C=O) groups excluding carboxylic acids is 1. The number of aromatic nitrogens is 2. The molecule has 1 aromatic heterocycles. The van der Waals surface area contributed by atoms with Crippen LogP contribution < -0.4 is 16.6 Å². The maximum Gasteiger partial charge on any atom is 0.409 e. The molecule has 1 fully saturated rings. The van der Waals surface area contributed by atoms with Crippen molar-refractivity contribution in [1.29, 1.82) is 0 Å². The van der Waals surface area contributed by atoms with Crippen LogP contribution in [0.2, 0.25) is 0 Å². The minimum Gasteiger partial charge on any atom is -0.450 e. The quantitative estimate of drug-likeness (QED) is 0.564. The van der Waals surface area contributed by atoms with Crippen LogP contribution in [0.5, 0.6) is 0 Å². The van der Waals surface area contributed by atoms with Crippen LogP contribution in [0, 0.1) is 6.92 Å². The molecule has 21 heavy (non-hydrogen) atoms. The Morgan fingerprint density at radius 2 is 2.10 bits per heavy atom. The molecule has 0 spiro atoms. The molecule has 116 valence electrons. The number of hydrazine groups is 1. The Hall–Kier alpha value is -2.09. The second-order valence-electron chi connectivity index (χ2n) is 4.94. The first-order chi connectivity index (χ1) is 10.2. The fourth-order valence-corrected chi connectivity index (χ4v) is 2.36. The second kappa shape index (κ2) is 7.07. The standard InChI is InChI=1S/C13H22N6O2/c1-3-21-13(20)19-6-4-10(5-7-19)17-11-9(2)12(18-14)16-8-15-11/h8,10H,3-7,14H2,1-2H3,(H2,15,16,17,18). The molecular weight excluding hydrogens is 272 g/mol. The minimum absolute atomic E-state index is 0.233. The lowest BCUT2D eigenvalue weighted by atomic mass is 10.1. The lowest BCUT2D eigenvalue weighted by molar-refractivity contribution is 0.0983. The Morgan fingerprint density at radius 1 is 1.43 bits per heavy atom. The third kappa shape index (κ3) is 3.72. The molecule has 8 heteroatoms. The average Bonchev–Trinajstić information content (AvgIpc) is 2.50. The van der Waals surface area contributed by atoms with Crippen LogP contribution in [0.4, 0.5) is 16.4 Å². The maximum atomic E-state index is 11.6. The molecule has 0 unspecified atom stereocenters. The van der Waals surface area contributed by atoms with Gasteiger partial charge in [-0.3, -0.25) is 0 Å². The summed E-state index contributed by atoms with van der Waals surface area (Å²) in [4.78, 5) is 21.7. The maximum absolute atomic E-state index is 11.6. The van der Waals surface area contributed by atoms with Gasteiger partial charge in [-0.25, -0.2) is 20.6 Å². The number of nitrogens with two attached hydrogens (primary N) is 1. The predicted molar refractivity (Wildman–Crippen MR) is 79.8 cm³/mol. The molecule has 1 aliphatic rings. The average molecular weight is 294 g/mol. The van der Waals surface area contributed by atoms with Crippen LogP contribution >= 0.6 is 0 Å². The van der Waals surface area contributed by atoms with E-state index in [1.807, 2.05) is 13.8 Å². The van der Waals surface area contributed by atoms with Gasteiger partial charge in [0.25, 0.3) is 0 Å². The lowest BCUT2D eigenvalue weighted by Gasteiger charge is -2.32. The summed E-state index contributed by atoms with van der Waals surface area (Å²) >= 11 is 0. The predicted octanol–water partition coefficient (Wildman–Crippen LogP) is 1.10. The summed E-state index contributed by atoms with van der Waals surface area (Å²) in [5, 5.41) is 3.39. The van der Waals surface area contributed by atoms with Crippen LogP contribution in [0.15, 0.2) is 6.33 Å². The number of anilines is 2. The Morgan fingerprint density at radius 3 is 2.71 bits per heavy atom. The van der Waals surface area contributed by atoms with Crippen molar-refractivity contribution in [3.63, 3.8) is 0 Å². The van der Waals surface area contributed by atoms with Crippen LogP contribution in [-0.2, 0) is 4.74 Å². The van der Waals surface area contributed by atoms with Crippen molar-refractivity contribution in [2.24, 2.45) is 5.84 Å². The molecule has 0 bridgehead atoms. The molecule has 0 radical (unpaired) electrons. The lowest BCUT2D eigenvalue weighted by Crippen LogP contribution is -2.42. The van der Waals surface area contributed by atoms with Gasteiger partial charge >= 0.3 is 6.09 Å². The molecule has 1 saturated heterocycles. The van der Waals surface area contributed by atoms with Gasteiger partial charge < -0.3 is 20.4 Å². The fourth-order valence-electron chi connectivity index (χ4n) is 2.36. The van der Waals surface area contributed by atoms with Crippen LogP contribution in [0.1, 0.15) is 25.3 Å². The van der Waals surface area contributed by atoms with Crippen molar-refractivity contribution in [2.45, 2.75) is 32.7 Å². The number of hydrogen-bond acceptors (Lipinski definition) is 7. The van der Waals surface area contributed by atoms with Crippen molar-refractivity contribution in [2.75, 3.05) is 30.4 Å². The van der Waals surface area contributed by atoms with Gasteiger partial charge in [-0.2, -0.15) is 0 Å². The van der Waals surface area contributed by atoms with Crippen molar-refractivity contribution in [3.8, 4) is 0 Å². The Balaban J connectivity index is 1.90. The van der Waals surface area contributed by atoms with Crippen molar-refractivity contribution in [3.05, 3.63) is 11.9 Å². The third-order valence-corrected chi connectivity index (χ3v) is 3.58. The van der Waals surface area contributed by atoms with E-state index in [1.54, 1.807) is 4.90 Å². The van der Waals surface area contributed by atoms with Gasteiger partial charge in [0.1, 0.15) is 18.0 Å². The van der Waals surface area contributed by atoms with Crippen LogP contribution in [0.3, 0.4) is 0 Å².